The highest BCUT2D eigenvalue weighted by molar-refractivity contribution is 5.81. The summed E-state index contributed by atoms with van der Waals surface area (Å²) in [5.41, 5.74) is 1.22. The number of hydrogen-bond donors (Lipinski definition) is 1. The smallest absolute Gasteiger partial charge is 0.325 e. The van der Waals surface area contributed by atoms with Crippen LogP contribution in [0.2, 0.25) is 0 Å². The number of amides is 1. The van der Waals surface area contributed by atoms with Crippen molar-refractivity contribution in [2.45, 2.75) is 53.9 Å². The number of nitrogens with one attached hydrogen (secondary N) is 1. The Kier molecular flexibility index (Phi) is 16.8. The Morgan fingerprint density at radius 3 is 2.09 bits per heavy atom. The van der Waals surface area contributed by atoms with E-state index in [0.717, 1.165) is 18.8 Å². The highest BCUT2D eigenvalue weighted by Gasteiger charge is 2.04. The van der Waals surface area contributed by atoms with Gasteiger partial charge in [-0.3, -0.25) is 9.59 Å². The topological polar surface area (TPSA) is 55.4 Å². The Balaban J connectivity index is 0. The van der Waals surface area contributed by atoms with Gasteiger partial charge in [0.15, 0.2) is 0 Å². The summed E-state index contributed by atoms with van der Waals surface area (Å²) >= 11 is 0. The Morgan fingerprint density at radius 1 is 1.09 bits per heavy atom. The summed E-state index contributed by atoms with van der Waals surface area (Å²) in [6.07, 6.45) is 2.06. The number of rotatable bonds is 6. The predicted octanol–water partition coefficient (Wildman–Crippen LogP) is 3.99. The van der Waals surface area contributed by atoms with Crippen LogP contribution >= 0.6 is 0 Å². The summed E-state index contributed by atoms with van der Waals surface area (Å²) in [6.45, 7) is 10.4. The van der Waals surface area contributed by atoms with Gasteiger partial charge in [0, 0.05) is 6.42 Å². The maximum atomic E-state index is 11.3. The van der Waals surface area contributed by atoms with Gasteiger partial charge in [0.25, 0.3) is 0 Å². The number of carbonyl (C=O) groups is 2. The molecule has 0 heterocycles. The van der Waals surface area contributed by atoms with E-state index in [9.17, 15) is 9.59 Å². The molecule has 0 bridgehead atoms. The third-order valence-electron chi connectivity index (χ3n) is 2.37. The van der Waals surface area contributed by atoms with E-state index in [-0.39, 0.29) is 12.5 Å². The molecule has 0 aliphatic carbocycles. The van der Waals surface area contributed by atoms with Gasteiger partial charge in [-0.1, -0.05) is 65.0 Å². The van der Waals surface area contributed by atoms with Crippen molar-refractivity contribution < 1.29 is 14.3 Å². The van der Waals surface area contributed by atoms with Gasteiger partial charge < -0.3 is 10.1 Å². The molecule has 0 unspecified atom stereocenters. The second-order valence-corrected chi connectivity index (χ2v) is 5.42. The molecule has 132 valence electrons. The molecule has 0 aromatic heterocycles. The lowest BCUT2D eigenvalue weighted by atomic mass is 10.1. The summed E-state index contributed by atoms with van der Waals surface area (Å²) in [7, 11) is 1.30. The van der Waals surface area contributed by atoms with Crippen LogP contribution in [0.3, 0.4) is 0 Å². The SMILES string of the molecule is CC.CC(C)C.COC(=O)CNC(=O)CCCc1ccccc1. The molecule has 23 heavy (non-hydrogen) atoms. The van der Waals surface area contributed by atoms with Gasteiger partial charge in [-0.25, -0.2) is 0 Å². The van der Waals surface area contributed by atoms with E-state index in [1.807, 2.05) is 44.2 Å². The molecule has 0 spiro atoms. The van der Waals surface area contributed by atoms with Crippen LogP contribution in [0.5, 0.6) is 0 Å². The van der Waals surface area contributed by atoms with Crippen LogP contribution in [0.1, 0.15) is 53.0 Å². The van der Waals surface area contributed by atoms with Crippen molar-refractivity contribution >= 4 is 11.9 Å². The van der Waals surface area contributed by atoms with Crippen LogP contribution in [0.25, 0.3) is 0 Å². The maximum absolute atomic E-state index is 11.3. The van der Waals surface area contributed by atoms with Crippen LogP contribution in [-0.2, 0) is 20.7 Å². The van der Waals surface area contributed by atoms with Gasteiger partial charge in [0.05, 0.1) is 7.11 Å². The van der Waals surface area contributed by atoms with Crippen molar-refractivity contribution in [2.24, 2.45) is 5.92 Å². The van der Waals surface area contributed by atoms with Crippen LogP contribution in [-0.4, -0.2) is 25.5 Å². The monoisotopic (exact) mass is 323 g/mol. The molecule has 1 amide bonds. The molecule has 0 saturated carbocycles. The Bertz CT molecular complexity index is 400. The van der Waals surface area contributed by atoms with Crippen molar-refractivity contribution in [3.8, 4) is 0 Å². The van der Waals surface area contributed by atoms with Crippen molar-refractivity contribution in [3.63, 3.8) is 0 Å². The number of benzene rings is 1. The Morgan fingerprint density at radius 2 is 1.61 bits per heavy atom. The van der Waals surface area contributed by atoms with Crippen LogP contribution in [0.15, 0.2) is 30.3 Å². The molecular weight excluding hydrogens is 290 g/mol. The molecule has 0 saturated heterocycles. The van der Waals surface area contributed by atoms with E-state index in [1.165, 1.54) is 12.7 Å². The second-order valence-electron chi connectivity index (χ2n) is 5.42. The molecule has 0 aliphatic heterocycles. The summed E-state index contributed by atoms with van der Waals surface area (Å²) < 4.78 is 4.42. The quantitative estimate of drug-likeness (QED) is 0.805. The average molecular weight is 323 g/mol. The first-order valence-corrected chi connectivity index (χ1v) is 8.33. The molecule has 4 nitrogen and oxygen atoms in total. The van der Waals surface area contributed by atoms with Gasteiger partial charge in [-0.05, 0) is 24.3 Å². The lowest BCUT2D eigenvalue weighted by Crippen LogP contribution is -2.29. The summed E-state index contributed by atoms with van der Waals surface area (Å²) in [5.74, 6) is 0.285. The first-order valence-electron chi connectivity index (χ1n) is 8.33. The third-order valence-corrected chi connectivity index (χ3v) is 2.37. The van der Waals surface area contributed by atoms with Gasteiger partial charge in [0.1, 0.15) is 6.54 Å². The summed E-state index contributed by atoms with van der Waals surface area (Å²) in [5, 5.41) is 2.51. The molecule has 0 radical (unpaired) electrons. The first-order chi connectivity index (χ1) is 11.0. The zero-order chi connectivity index (χ0) is 18.1. The zero-order valence-corrected chi connectivity index (χ0v) is 15.5. The number of hydrogen-bond acceptors (Lipinski definition) is 3. The van der Waals surface area contributed by atoms with E-state index < -0.39 is 5.97 Å². The normalized spacial score (nSPS) is 9.00. The van der Waals surface area contributed by atoms with Crippen molar-refractivity contribution in [1.82, 2.24) is 5.32 Å². The molecule has 1 rings (SSSR count). The predicted molar refractivity (Wildman–Crippen MR) is 96.3 cm³/mol. The molecule has 4 heteroatoms. The van der Waals surface area contributed by atoms with Crippen molar-refractivity contribution in [3.05, 3.63) is 35.9 Å². The fourth-order valence-corrected chi connectivity index (χ4v) is 1.43. The lowest BCUT2D eigenvalue weighted by Gasteiger charge is -2.04. The number of ether oxygens (including phenoxy) is 1. The fourth-order valence-electron chi connectivity index (χ4n) is 1.43. The van der Waals surface area contributed by atoms with Gasteiger partial charge >= 0.3 is 5.97 Å². The first kappa shape index (κ1) is 23.4. The summed E-state index contributed by atoms with van der Waals surface area (Å²) in [4.78, 5) is 22.1. The lowest BCUT2D eigenvalue weighted by molar-refractivity contribution is -0.141. The minimum absolute atomic E-state index is 0.0549. The molecule has 1 N–H and O–H groups in total. The van der Waals surface area contributed by atoms with E-state index in [0.29, 0.717) is 6.42 Å². The van der Waals surface area contributed by atoms with E-state index >= 15 is 0 Å². The van der Waals surface area contributed by atoms with Crippen LogP contribution in [0.4, 0.5) is 0 Å². The van der Waals surface area contributed by atoms with Crippen LogP contribution in [0, 0.1) is 5.92 Å². The Labute approximate surface area is 141 Å². The largest absolute Gasteiger partial charge is 0.468 e. The minimum atomic E-state index is -0.429. The van der Waals surface area contributed by atoms with Crippen molar-refractivity contribution in [2.75, 3.05) is 13.7 Å². The number of methoxy groups -OCH3 is 1. The van der Waals surface area contributed by atoms with Crippen molar-refractivity contribution in [1.29, 1.82) is 0 Å². The fraction of sp³-hybridized carbons (Fsp3) is 0.579. The van der Waals surface area contributed by atoms with Crippen LogP contribution < -0.4 is 5.32 Å². The highest BCUT2D eigenvalue weighted by Crippen LogP contribution is 2.04. The zero-order valence-electron chi connectivity index (χ0n) is 15.5. The number of esters is 1. The van der Waals surface area contributed by atoms with Gasteiger partial charge in [-0.2, -0.15) is 0 Å². The van der Waals surface area contributed by atoms with E-state index in [2.05, 4.69) is 30.8 Å². The molecule has 0 aliphatic rings. The molecule has 1 aromatic rings. The molecule has 0 fully saturated rings. The number of aryl methyl sites for hydroxylation is 1. The number of carbonyl (C=O) groups excluding carboxylic acids is 2. The molecule has 0 atom stereocenters. The average Bonchev–Trinajstić information content (AvgIpc) is 2.55. The molecular formula is C19H33NO3. The summed E-state index contributed by atoms with van der Waals surface area (Å²) in [6, 6.07) is 9.99. The van der Waals surface area contributed by atoms with Gasteiger partial charge in [-0.15, -0.1) is 0 Å². The third kappa shape index (κ3) is 18.1. The van der Waals surface area contributed by atoms with E-state index in [4.69, 9.17) is 0 Å². The Hall–Kier alpha value is -1.84. The standard InChI is InChI=1S/C13H17NO3.C4H10.C2H6/c1-17-13(16)10-14-12(15)9-5-8-11-6-3-2-4-7-11;1-4(2)3;1-2/h2-4,6-7H,5,8-10H2,1H3,(H,14,15);4H,1-3H3;1-2H3. The molecule has 1 aromatic carbocycles. The second kappa shape index (κ2) is 16.5. The maximum Gasteiger partial charge on any atom is 0.325 e. The van der Waals surface area contributed by atoms with E-state index in [1.54, 1.807) is 0 Å². The highest BCUT2D eigenvalue weighted by atomic mass is 16.5. The minimum Gasteiger partial charge on any atom is -0.468 e. The van der Waals surface area contributed by atoms with Gasteiger partial charge in [0.2, 0.25) is 5.91 Å².